The average molecular weight is 488 g/mol. The number of amides is 1. The number of nitrogens with one attached hydrogen (secondary N) is 1. The number of hydrogen-bond donors (Lipinski definition) is 1. The fourth-order valence-corrected chi connectivity index (χ4v) is 2.96. The molecule has 30 heavy (non-hydrogen) atoms. The number of nitrogens with zero attached hydrogens (tertiary/aromatic N) is 1. The molecule has 3 aromatic rings. The Balaban J connectivity index is 1.64. The summed E-state index contributed by atoms with van der Waals surface area (Å²) in [6.45, 7) is 2.80. The molecule has 0 aliphatic heterocycles. The molecule has 0 heterocycles. The van der Waals surface area contributed by atoms with Gasteiger partial charge in [0.2, 0.25) is 0 Å². The smallest absolute Gasteiger partial charge is 0.271 e. The Morgan fingerprint density at radius 1 is 1.03 bits per heavy atom. The maximum absolute atomic E-state index is 12.1. The predicted molar refractivity (Wildman–Crippen MR) is 123 cm³/mol. The second-order valence-corrected chi connectivity index (χ2v) is 7.61. The number of halogens is 2. The molecule has 0 saturated heterocycles. The van der Waals surface area contributed by atoms with E-state index in [1.54, 1.807) is 30.5 Å². The zero-order chi connectivity index (χ0) is 21.3. The molecule has 0 aromatic heterocycles. The Bertz CT molecular complexity index is 1020. The Kier molecular flexibility index (Phi) is 7.88. The second-order valence-electron chi connectivity index (χ2n) is 6.26. The molecule has 154 valence electrons. The van der Waals surface area contributed by atoms with E-state index < -0.39 is 0 Å². The van der Waals surface area contributed by atoms with Crippen LogP contribution in [-0.4, -0.2) is 18.7 Å². The van der Waals surface area contributed by atoms with Gasteiger partial charge in [0.15, 0.2) is 11.5 Å². The van der Waals surface area contributed by atoms with Crippen LogP contribution in [0.1, 0.15) is 28.4 Å². The molecule has 0 aliphatic rings. The van der Waals surface area contributed by atoms with Gasteiger partial charge in [-0.25, -0.2) is 5.43 Å². The first kappa shape index (κ1) is 21.9. The van der Waals surface area contributed by atoms with Gasteiger partial charge < -0.3 is 9.47 Å². The highest BCUT2D eigenvalue weighted by atomic mass is 79.9. The highest BCUT2D eigenvalue weighted by Gasteiger charge is 2.07. The lowest BCUT2D eigenvalue weighted by molar-refractivity contribution is 0.0955. The number of ether oxygens (including phenoxy) is 2. The summed E-state index contributed by atoms with van der Waals surface area (Å²) in [5.41, 5.74) is 4.82. The number of carbonyl (C=O) groups is 1. The molecular formula is C23H20BrClN2O3. The Hall–Kier alpha value is -2.83. The van der Waals surface area contributed by atoms with Gasteiger partial charge in [-0.3, -0.25) is 4.79 Å². The Morgan fingerprint density at radius 2 is 1.77 bits per heavy atom. The number of rotatable bonds is 8. The van der Waals surface area contributed by atoms with E-state index in [-0.39, 0.29) is 5.91 Å². The minimum absolute atomic E-state index is 0.285. The van der Waals surface area contributed by atoms with Crippen LogP contribution >= 0.6 is 27.5 Å². The molecule has 3 rings (SSSR count). The van der Waals surface area contributed by atoms with Gasteiger partial charge in [0.05, 0.1) is 12.8 Å². The number of carbonyl (C=O) groups excluding carboxylic acids is 1. The molecule has 1 N–H and O–H groups in total. The molecule has 5 nitrogen and oxygen atoms in total. The van der Waals surface area contributed by atoms with Gasteiger partial charge in [-0.1, -0.05) is 39.7 Å². The van der Waals surface area contributed by atoms with Crippen LogP contribution in [0, 0.1) is 0 Å². The van der Waals surface area contributed by atoms with Crippen LogP contribution in [0.2, 0.25) is 5.02 Å². The highest BCUT2D eigenvalue weighted by molar-refractivity contribution is 9.10. The van der Waals surface area contributed by atoms with Crippen molar-refractivity contribution in [2.24, 2.45) is 5.10 Å². The van der Waals surface area contributed by atoms with Crippen molar-refractivity contribution in [1.29, 1.82) is 0 Å². The van der Waals surface area contributed by atoms with Crippen LogP contribution in [-0.2, 0) is 6.61 Å². The first-order valence-corrected chi connectivity index (χ1v) is 10.5. The van der Waals surface area contributed by atoms with Gasteiger partial charge in [0.1, 0.15) is 6.61 Å². The molecule has 1 amide bonds. The molecule has 0 radical (unpaired) electrons. The zero-order valence-corrected chi connectivity index (χ0v) is 18.6. The van der Waals surface area contributed by atoms with Crippen LogP contribution < -0.4 is 14.9 Å². The maximum atomic E-state index is 12.1. The van der Waals surface area contributed by atoms with Crippen LogP contribution in [0.3, 0.4) is 0 Å². The number of hydrogen-bond acceptors (Lipinski definition) is 4. The van der Waals surface area contributed by atoms with Crippen molar-refractivity contribution < 1.29 is 14.3 Å². The monoisotopic (exact) mass is 486 g/mol. The lowest BCUT2D eigenvalue weighted by Gasteiger charge is -2.12. The molecule has 0 fully saturated rings. The topological polar surface area (TPSA) is 59.9 Å². The molecule has 0 unspecified atom stereocenters. The highest BCUT2D eigenvalue weighted by Crippen LogP contribution is 2.29. The van der Waals surface area contributed by atoms with E-state index in [1.807, 2.05) is 49.4 Å². The maximum Gasteiger partial charge on any atom is 0.271 e. The molecular weight excluding hydrogens is 468 g/mol. The third-order valence-corrected chi connectivity index (χ3v) is 4.84. The van der Waals surface area contributed by atoms with Gasteiger partial charge in [-0.2, -0.15) is 5.10 Å². The number of hydrazone groups is 1. The van der Waals surface area contributed by atoms with Crippen molar-refractivity contribution in [3.8, 4) is 11.5 Å². The minimum Gasteiger partial charge on any atom is -0.490 e. The predicted octanol–water partition coefficient (Wildman–Crippen LogP) is 5.84. The summed E-state index contributed by atoms with van der Waals surface area (Å²) in [6, 6.07) is 20.0. The van der Waals surface area contributed by atoms with E-state index in [1.165, 1.54) is 0 Å². The largest absolute Gasteiger partial charge is 0.490 e. The third-order valence-electron chi connectivity index (χ3n) is 4.06. The summed E-state index contributed by atoms with van der Waals surface area (Å²) in [7, 11) is 0. The van der Waals surface area contributed by atoms with Crippen molar-refractivity contribution in [2.45, 2.75) is 13.5 Å². The standard InChI is InChI=1S/C23H20BrClN2O3/c1-2-29-22-13-17(14-26-27-23(28)18-6-8-19(24)9-7-18)5-12-21(22)30-15-16-3-10-20(25)11-4-16/h3-14H,2,15H2,1H3,(H,27,28)/b26-14-. The fourth-order valence-electron chi connectivity index (χ4n) is 2.57. The molecule has 3 aromatic carbocycles. The van der Waals surface area contributed by atoms with Gasteiger partial charge in [-0.15, -0.1) is 0 Å². The summed E-state index contributed by atoms with van der Waals surface area (Å²) in [6.07, 6.45) is 1.56. The van der Waals surface area contributed by atoms with E-state index in [2.05, 4.69) is 26.5 Å². The summed E-state index contributed by atoms with van der Waals surface area (Å²) < 4.78 is 12.5. The van der Waals surface area contributed by atoms with Crippen LogP contribution in [0.15, 0.2) is 76.3 Å². The number of benzene rings is 3. The van der Waals surface area contributed by atoms with E-state index in [9.17, 15) is 4.79 Å². The van der Waals surface area contributed by atoms with E-state index >= 15 is 0 Å². The first-order valence-electron chi connectivity index (χ1n) is 9.28. The quantitative estimate of drug-likeness (QED) is 0.320. The molecule has 0 aliphatic carbocycles. The molecule has 0 atom stereocenters. The summed E-state index contributed by atoms with van der Waals surface area (Å²) in [5.74, 6) is 0.948. The molecule has 7 heteroatoms. The van der Waals surface area contributed by atoms with Crippen LogP contribution in [0.5, 0.6) is 11.5 Å². The molecule has 0 saturated carbocycles. The second kappa shape index (κ2) is 10.8. The zero-order valence-electron chi connectivity index (χ0n) is 16.3. The Morgan fingerprint density at radius 3 is 2.47 bits per heavy atom. The van der Waals surface area contributed by atoms with Gasteiger partial charge in [0.25, 0.3) is 5.91 Å². The summed E-state index contributed by atoms with van der Waals surface area (Å²) >= 11 is 9.26. The van der Waals surface area contributed by atoms with Crippen LogP contribution in [0.25, 0.3) is 0 Å². The van der Waals surface area contributed by atoms with Crippen molar-refractivity contribution in [3.05, 3.63) is 92.9 Å². The normalized spacial score (nSPS) is 10.8. The molecule has 0 bridgehead atoms. The Labute approximate surface area is 188 Å². The first-order chi connectivity index (χ1) is 14.5. The van der Waals surface area contributed by atoms with Gasteiger partial charge in [-0.05, 0) is 72.6 Å². The summed E-state index contributed by atoms with van der Waals surface area (Å²) in [4.78, 5) is 12.1. The van der Waals surface area contributed by atoms with E-state index in [0.717, 1.165) is 15.6 Å². The fraction of sp³-hybridized carbons (Fsp3) is 0.130. The molecule has 0 spiro atoms. The minimum atomic E-state index is -0.285. The lowest BCUT2D eigenvalue weighted by Crippen LogP contribution is -2.17. The van der Waals surface area contributed by atoms with E-state index in [0.29, 0.717) is 35.3 Å². The van der Waals surface area contributed by atoms with Crippen molar-refractivity contribution in [1.82, 2.24) is 5.43 Å². The van der Waals surface area contributed by atoms with E-state index in [4.69, 9.17) is 21.1 Å². The lowest BCUT2D eigenvalue weighted by atomic mass is 10.2. The average Bonchev–Trinajstić information content (AvgIpc) is 2.75. The SMILES string of the molecule is CCOc1cc(/C=N\NC(=O)c2ccc(Br)cc2)ccc1OCc1ccc(Cl)cc1. The van der Waals surface area contributed by atoms with Crippen molar-refractivity contribution in [2.75, 3.05) is 6.61 Å². The van der Waals surface area contributed by atoms with Gasteiger partial charge in [0, 0.05) is 15.1 Å². The van der Waals surface area contributed by atoms with Crippen LogP contribution in [0.4, 0.5) is 0 Å². The third kappa shape index (κ3) is 6.34. The summed E-state index contributed by atoms with van der Waals surface area (Å²) in [5, 5.41) is 4.71. The van der Waals surface area contributed by atoms with Gasteiger partial charge >= 0.3 is 0 Å². The van der Waals surface area contributed by atoms with Crippen molar-refractivity contribution >= 4 is 39.7 Å². The van der Waals surface area contributed by atoms with Crippen molar-refractivity contribution in [3.63, 3.8) is 0 Å².